The van der Waals surface area contributed by atoms with Crippen LogP contribution in [-0.4, -0.2) is 49.6 Å². The third-order valence-electron chi connectivity index (χ3n) is 4.76. The van der Waals surface area contributed by atoms with Gasteiger partial charge >= 0.3 is 6.18 Å². The zero-order valence-electron chi connectivity index (χ0n) is 17.1. The van der Waals surface area contributed by atoms with E-state index in [2.05, 4.69) is 5.32 Å². The lowest BCUT2D eigenvalue weighted by Crippen LogP contribution is -2.47. The van der Waals surface area contributed by atoms with Gasteiger partial charge in [-0.3, -0.25) is 4.79 Å². The van der Waals surface area contributed by atoms with Crippen molar-refractivity contribution in [3.63, 3.8) is 0 Å². The standard InChI is InChI=1S/C19H29F3N2O3S/c1-17(2,3)24(6)16(25)13-23-11-10-18(4,5)28(26,27)15-9-7-8-14(12-15)19(20,21)22/h7-9,12,23H,10-11,13H2,1-6H3. The molecule has 0 saturated carbocycles. The molecule has 0 unspecified atom stereocenters. The van der Waals surface area contributed by atoms with Crippen molar-refractivity contribution in [1.82, 2.24) is 10.2 Å². The smallest absolute Gasteiger partial charge is 0.340 e. The van der Waals surface area contributed by atoms with Crippen LogP contribution in [0.15, 0.2) is 29.2 Å². The number of carbonyl (C=O) groups excluding carboxylic acids is 1. The van der Waals surface area contributed by atoms with Crippen molar-refractivity contribution in [2.45, 2.75) is 62.4 Å². The van der Waals surface area contributed by atoms with E-state index in [1.165, 1.54) is 19.9 Å². The van der Waals surface area contributed by atoms with Crippen LogP contribution in [0, 0.1) is 0 Å². The molecule has 0 aromatic heterocycles. The van der Waals surface area contributed by atoms with Crippen molar-refractivity contribution in [2.75, 3.05) is 20.1 Å². The maximum absolute atomic E-state index is 12.9. The Labute approximate surface area is 165 Å². The van der Waals surface area contributed by atoms with Crippen molar-refractivity contribution in [3.05, 3.63) is 29.8 Å². The lowest BCUT2D eigenvalue weighted by atomic mass is 10.1. The Bertz CT molecular complexity index is 797. The van der Waals surface area contributed by atoms with Gasteiger partial charge < -0.3 is 10.2 Å². The number of halogens is 3. The molecule has 1 rings (SSSR count). The van der Waals surface area contributed by atoms with Gasteiger partial charge in [0.25, 0.3) is 0 Å². The molecular formula is C19H29F3N2O3S. The Hall–Kier alpha value is -1.61. The molecular weight excluding hydrogens is 393 g/mol. The minimum atomic E-state index is -4.61. The van der Waals surface area contributed by atoms with Crippen LogP contribution in [0.1, 0.15) is 46.6 Å². The monoisotopic (exact) mass is 422 g/mol. The topological polar surface area (TPSA) is 66.5 Å². The summed E-state index contributed by atoms with van der Waals surface area (Å²) < 4.78 is 63.0. The largest absolute Gasteiger partial charge is 0.416 e. The van der Waals surface area contributed by atoms with Crippen molar-refractivity contribution in [3.8, 4) is 0 Å². The van der Waals surface area contributed by atoms with Gasteiger partial charge in [0.15, 0.2) is 9.84 Å². The molecule has 0 aliphatic rings. The molecule has 0 aliphatic heterocycles. The van der Waals surface area contributed by atoms with E-state index in [9.17, 15) is 26.4 Å². The molecule has 0 aliphatic carbocycles. The predicted molar refractivity (Wildman–Crippen MR) is 103 cm³/mol. The molecule has 0 fully saturated rings. The van der Waals surface area contributed by atoms with E-state index >= 15 is 0 Å². The molecule has 160 valence electrons. The molecule has 0 atom stereocenters. The molecule has 0 spiro atoms. The zero-order valence-corrected chi connectivity index (χ0v) is 18.0. The van der Waals surface area contributed by atoms with Gasteiger partial charge in [-0.05, 0) is 65.8 Å². The molecule has 0 bridgehead atoms. The molecule has 9 heteroatoms. The second-order valence-electron chi connectivity index (χ2n) is 8.34. The number of nitrogens with zero attached hydrogens (tertiary/aromatic N) is 1. The minimum absolute atomic E-state index is 0.0491. The fourth-order valence-corrected chi connectivity index (χ4v) is 3.92. The second-order valence-corrected chi connectivity index (χ2v) is 10.9. The van der Waals surface area contributed by atoms with Gasteiger partial charge in [-0.2, -0.15) is 13.2 Å². The number of alkyl halides is 3. The summed E-state index contributed by atoms with van der Waals surface area (Å²) in [6, 6.07) is 3.75. The lowest BCUT2D eigenvalue weighted by molar-refractivity contribution is -0.137. The van der Waals surface area contributed by atoms with Crippen LogP contribution in [0.4, 0.5) is 13.2 Å². The third-order valence-corrected chi connectivity index (χ3v) is 7.29. The van der Waals surface area contributed by atoms with E-state index in [0.717, 1.165) is 12.1 Å². The number of benzene rings is 1. The molecule has 28 heavy (non-hydrogen) atoms. The van der Waals surface area contributed by atoms with Gasteiger partial charge in [-0.15, -0.1) is 0 Å². The highest BCUT2D eigenvalue weighted by Gasteiger charge is 2.37. The van der Waals surface area contributed by atoms with Crippen molar-refractivity contribution >= 4 is 15.7 Å². The molecule has 1 aromatic carbocycles. The number of carbonyl (C=O) groups is 1. The number of sulfone groups is 1. The molecule has 1 N–H and O–H groups in total. The Morgan fingerprint density at radius 1 is 1.11 bits per heavy atom. The number of hydrogen-bond acceptors (Lipinski definition) is 4. The summed E-state index contributed by atoms with van der Waals surface area (Å²) >= 11 is 0. The summed E-state index contributed by atoms with van der Waals surface area (Å²) in [7, 11) is -2.31. The summed E-state index contributed by atoms with van der Waals surface area (Å²) in [5, 5.41) is 2.92. The van der Waals surface area contributed by atoms with E-state index in [4.69, 9.17) is 0 Å². The average Bonchev–Trinajstić information content (AvgIpc) is 2.56. The number of nitrogens with one attached hydrogen (secondary N) is 1. The summed E-state index contributed by atoms with van der Waals surface area (Å²) in [6.45, 7) is 8.91. The first-order valence-electron chi connectivity index (χ1n) is 8.89. The Morgan fingerprint density at radius 3 is 2.18 bits per heavy atom. The Kier molecular flexibility index (Phi) is 7.33. The van der Waals surface area contributed by atoms with E-state index in [1.807, 2.05) is 20.8 Å². The fourth-order valence-electron chi connectivity index (χ4n) is 2.37. The van der Waals surface area contributed by atoms with Crippen LogP contribution >= 0.6 is 0 Å². The maximum Gasteiger partial charge on any atom is 0.416 e. The van der Waals surface area contributed by atoms with Crippen LogP contribution in [-0.2, 0) is 20.8 Å². The summed E-state index contributed by atoms with van der Waals surface area (Å²) in [4.78, 5) is 13.3. The number of hydrogen-bond donors (Lipinski definition) is 1. The van der Waals surface area contributed by atoms with E-state index in [0.29, 0.717) is 6.07 Å². The Morgan fingerprint density at radius 2 is 1.68 bits per heavy atom. The van der Waals surface area contributed by atoms with E-state index < -0.39 is 26.3 Å². The fraction of sp³-hybridized carbons (Fsp3) is 0.632. The second kappa shape index (κ2) is 8.41. The predicted octanol–water partition coefficient (Wildman–Crippen LogP) is 3.49. The Balaban J connectivity index is 2.80. The lowest BCUT2D eigenvalue weighted by Gasteiger charge is -2.32. The maximum atomic E-state index is 12.9. The van der Waals surface area contributed by atoms with Crippen LogP contribution in [0.2, 0.25) is 0 Å². The molecule has 1 amide bonds. The summed E-state index contributed by atoms with van der Waals surface area (Å²) in [6.07, 6.45) is -4.48. The van der Waals surface area contributed by atoms with Crippen molar-refractivity contribution in [1.29, 1.82) is 0 Å². The molecule has 0 saturated heterocycles. The van der Waals surface area contributed by atoms with Gasteiger partial charge in [0.1, 0.15) is 0 Å². The number of rotatable bonds is 7. The van der Waals surface area contributed by atoms with E-state index in [1.54, 1.807) is 11.9 Å². The number of likely N-dealkylation sites (N-methyl/N-ethyl adjacent to an activating group) is 1. The quantitative estimate of drug-likeness (QED) is 0.683. The summed E-state index contributed by atoms with van der Waals surface area (Å²) in [5.41, 5.74) is -1.33. The average molecular weight is 423 g/mol. The third kappa shape index (κ3) is 5.94. The zero-order chi connectivity index (χ0) is 22.0. The SMILES string of the molecule is CN(C(=O)CNCCC(C)(C)S(=O)(=O)c1cccc(C(F)(F)F)c1)C(C)(C)C. The first-order valence-corrected chi connectivity index (χ1v) is 10.4. The molecule has 5 nitrogen and oxygen atoms in total. The van der Waals surface area contributed by atoms with Gasteiger partial charge in [-0.1, -0.05) is 6.07 Å². The highest BCUT2D eigenvalue weighted by atomic mass is 32.2. The molecule has 1 aromatic rings. The van der Waals surface area contributed by atoms with Gasteiger partial charge in [0, 0.05) is 12.6 Å². The van der Waals surface area contributed by atoms with Crippen LogP contribution < -0.4 is 5.32 Å². The van der Waals surface area contributed by atoms with Crippen molar-refractivity contribution < 1.29 is 26.4 Å². The normalized spacial score (nSPS) is 13.5. The van der Waals surface area contributed by atoms with Crippen LogP contribution in [0.25, 0.3) is 0 Å². The minimum Gasteiger partial charge on any atom is -0.340 e. The van der Waals surface area contributed by atoms with Gasteiger partial charge in [0.2, 0.25) is 5.91 Å². The van der Waals surface area contributed by atoms with Crippen LogP contribution in [0.3, 0.4) is 0 Å². The van der Waals surface area contributed by atoms with E-state index in [-0.39, 0.29) is 35.9 Å². The summed E-state index contributed by atoms with van der Waals surface area (Å²) in [5.74, 6) is -0.133. The molecule has 0 heterocycles. The first kappa shape index (κ1) is 24.4. The van der Waals surface area contributed by atoms with Gasteiger partial charge in [0.05, 0.1) is 21.8 Å². The first-order chi connectivity index (χ1) is 12.5. The van der Waals surface area contributed by atoms with Crippen molar-refractivity contribution in [2.24, 2.45) is 0 Å². The number of amides is 1. The highest BCUT2D eigenvalue weighted by Crippen LogP contribution is 2.34. The highest BCUT2D eigenvalue weighted by molar-refractivity contribution is 7.92. The molecule has 0 radical (unpaired) electrons. The van der Waals surface area contributed by atoms with Gasteiger partial charge in [-0.25, -0.2) is 8.42 Å². The van der Waals surface area contributed by atoms with Crippen LogP contribution in [0.5, 0.6) is 0 Å².